The molecule has 0 saturated heterocycles. The molecule has 0 atom stereocenters. The molecule has 4 aromatic rings. The van der Waals surface area contributed by atoms with Gasteiger partial charge in [-0.2, -0.15) is 0 Å². The van der Waals surface area contributed by atoms with Crippen LogP contribution in [0.1, 0.15) is 2.85 Å². The van der Waals surface area contributed by atoms with Gasteiger partial charge in [0.05, 0.1) is 0 Å². The van der Waals surface area contributed by atoms with Crippen LogP contribution < -0.4 is 0 Å². The van der Waals surface area contributed by atoms with Crippen molar-refractivity contribution in [1.29, 1.82) is 0 Å². The van der Waals surface area contributed by atoms with Crippen LogP contribution in [0.4, 0.5) is 0 Å². The van der Waals surface area contributed by atoms with E-state index in [2.05, 4.69) is 97.1 Å². The van der Waals surface area contributed by atoms with Gasteiger partial charge in [0, 0.05) is 0 Å². The quantitative estimate of drug-likeness (QED) is 0.364. The van der Waals surface area contributed by atoms with Gasteiger partial charge in [0.25, 0.3) is 0 Å². The Bertz CT molecular complexity index is 686. The Labute approximate surface area is 169 Å². The van der Waals surface area contributed by atoms with Crippen LogP contribution in [0, 0.1) is 0 Å². The van der Waals surface area contributed by atoms with Crippen LogP contribution in [0.2, 0.25) is 0 Å². The first-order valence-corrected chi connectivity index (χ1v) is 8.14. The number of hydrogen-bond donors (Lipinski definition) is 0. The molecule has 0 unspecified atom stereocenters. The molecule has 0 bridgehead atoms. The van der Waals surface area contributed by atoms with Crippen LogP contribution in [-0.2, 0) is 0 Å². The predicted molar refractivity (Wildman–Crippen MR) is 112 cm³/mol. The molecule has 0 saturated carbocycles. The topological polar surface area (TPSA) is 0 Å². The summed E-state index contributed by atoms with van der Waals surface area (Å²) >= 11 is 0. The van der Waals surface area contributed by atoms with Crippen molar-refractivity contribution in [2.45, 2.75) is 0 Å². The van der Waals surface area contributed by atoms with E-state index in [0.717, 1.165) is 0 Å². The van der Waals surface area contributed by atoms with Gasteiger partial charge in [0.15, 0.2) is 0 Å². The molecule has 0 aromatic heterocycles. The summed E-state index contributed by atoms with van der Waals surface area (Å²) in [7, 11) is 0. The summed E-state index contributed by atoms with van der Waals surface area (Å²) in [6.07, 6.45) is 0. The second kappa shape index (κ2) is 10.5. The summed E-state index contributed by atoms with van der Waals surface area (Å²) in [6, 6.07) is 41.6. The summed E-state index contributed by atoms with van der Waals surface area (Å²) in [4.78, 5) is 0. The van der Waals surface area contributed by atoms with E-state index in [1.165, 1.54) is 22.3 Å². The zero-order valence-corrected chi connectivity index (χ0v) is 15.7. The minimum Gasteiger partial charge on any atom is -1.00 e. The van der Waals surface area contributed by atoms with Gasteiger partial charge in [-0.1, -0.05) is 121 Å². The van der Waals surface area contributed by atoms with Crippen LogP contribution in [0.15, 0.2) is 121 Å². The molecule has 0 N–H and O–H groups in total. The zero-order chi connectivity index (χ0) is 16.5. The summed E-state index contributed by atoms with van der Waals surface area (Å²) < 4.78 is 0. The van der Waals surface area contributed by atoms with Crippen molar-refractivity contribution in [2.75, 3.05) is 0 Å². The van der Waals surface area contributed by atoms with Gasteiger partial charge >= 0.3 is 23.1 Å². The second-order valence-corrected chi connectivity index (χ2v) is 5.46. The van der Waals surface area contributed by atoms with Crippen molar-refractivity contribution in [3.05, 3.63) is 121 Å². The molecule has 0 fully saturated rings. The van der Waals surface area contributed by atoms with Gasteiger partial charge in [-0.15, -0.1) is 0 Å². The Morgan fingerprint density at radius 3 is 0.600 bits per heavy atom. The van der Waals surface area contributed by atoms with Crippen LogP contribution in [0.5, 0.6) is 0 Å². The first kappa shape index (κ1) is 19.0. The van der Waals surface area contributed by atoms with E-state index in [4.69, 9.17) is 0 Å². The average Bonchev–Trinajstić information content (AvgIpc) is 2.71. The molecule has 0 heterocycles. The van der Waals surface area contributed by atoms with Gasteiger partial charge in [-0.05, 0) is 22.3 Å². The summed E-state index contributed by atoms with van der Waals surface area (Å²) in [5, 5.41) is 0. The third kappa shape index (κ3) is 5.90. The largest absolute Gasteiger partial charge is 2.00 e. The van der Waals surface area contributed by atoms with Gasteiger partial charge in [0.1, 0.15) is 0 Å². The van der Waals surface area contributed by atoms with E-state index in [-0.39, 0.29) is 25.9 Å². The molecular formula is C24H22Mg. The molecule has 0 aliphatic carbocycles. The summed E-state index contributed by atoms with van der Waals surface area (Å²) in [6.45, 7) is 0. The molecule has 0 amide bonds. The van der Waals surface area contributed by atoms with Gasteiger partial charge in [0.2, 0.25) is 0 Å². The third-order valence-electron chi connectivity index (χ3n) is 3.76. The van der Waals surface area contributed by atoms with Gasteiger partial charge in [-0.25, -0.2) is 0 Å². The zero-order valence-electron chi connectivity index (χ0n) is 16.3. The molecule has 1 heteroatoms. The molecule has 4 aromatic carbocycles. The van der Waals surface area contributed by atoms with Gasteiger partial charge < -0.3 is 2.85 Å². The Hall–Kier alpha value is -2.35. The molecule has 0 spiro atoms. The second-order valence-electron chi connectivity index (χ2n) is 5.46. The van der Waals surface area contributed by atoms with Crippen molar-refractivity contribution in [3.8, 4) is 22.3 Å². The summed E-state index contributed by atoms with van der Waals surface area (Å²) in [5.41, 5.74) is 5.10. The van der Waals surface area contributed by atoms with E-state index in [0.29, 0.717) is 0 Å². The fourth-order valence-electron chi connectivity index (χ4n) is 2.52. The van der Waals surface area contributed by atoms with Crippen LogP contribution in [0.3, 0.4) is 0 Å². The van der Waals surface area contributed by atoms with E-state index in [1.807, 2.05) is 24.3 Å². The Kier molecular flexibility index (Phi) is 7.97. The monoisotopic (exact) mass is 334 g/mol. The summed E-state index contributed by atoms with van der Waals surface area (Å²) in [5.74, 6) is 0. The van der Waals surface area contributed by atoms with Crippen LogP contribution >= 0.6 is 0 Å². The maximum absolute atomic E-state index is 2.12. The normalized spacial score (nSPS) is 9.28. The Morgan fingerprint density at radius 1 is 0.280 bits per heavy atom. The predicted octanol–water partition coefficient (Wildman–Crippen LogP) is 6.55. The van der Waals surface area contributed by atoms with Gasteiger partial charge in [-0.3, -0.25) is 0 Å². The average molecular weight is 335 g/mol. The van der Waals surface area contributed by atoms with Crippen molar-refractivity contribution in [2.24, 2.45) is 0 Å². The fourth-order valence-corrected chi connectivity index (χ4v) is 2.52. The maximum Gasteiger partial charge on any atom is 2.00 e. The maximum atomic E-state index is 2.12. The van der Waals surface area contributed by atoms with Crippen molar-refractivity contribution in [1.82, 2.24) is 0 Å². The van der Waals surface area contributed by atoms with Crippen LogP contribution in [-0.4, -0.2) is 23.1 Å². The minimum absolute atomic E-state index is 0. The number of rotatable bonds is 2. The standard InChI is InChI=1S/2C12H10.Mg.2H/c2*1-3-7-11(8-4-1)12-9-5-2-6-10-12;;;/h2*1-10H;;;/q;;+2;2*-1. The molecular weight excluding hydrogens is 313 g/mol. The van der Waals surface area contributed by atoms with Crippen LogP contribution in [0.25, 0.3) is 22.3 Å². The Morgan fingerprint density at radius 2 is 0.440 bits per heavy atom. The van der Waals surface area contributed by atoms with Crippen molar-refractivity contribution in [3.63, 3.8) is 0 Å². The SMILES string of the molecule is [H-].[H-].[Mg+2].c1ccc(-c2ccccc2)cc1.c1ccc(-c2ccccc2)cc1. The smallest absolute Gasteiger partial charge is 1.00 e. The number of hydrogen-bond acceptors (Lipinski definition) is 0. The first-order valence-electron chi connectivity index (χ1n) is 8.14. The molecule has 4 rings (SSSR count). The molecule has 0 aliphatic rings. The molecule has 0 nitrogen and oxygen atoms in total. The Balaban J connectivity index is 0.000000451. The fraction of sp³-hybridized carbons (Fsp3) is 0. The van der Waals surface area contributed by atoms with Crippen molar-refractivity contribution < 1.29 is 2.85 Å². The van der Waals surface area contributed by atoms with E-state index in [9.17, 15) is 0 Å². The molecule has 120 valence electrons. The third-order valence-corrected chi connectivity index (χ3v) is 3.76. The molecule has 0 radical (unpaired) electrons. The van der Waals surface area contributed by atoms with E-state index in [1.54, 1.807) is 0 Å². The number of benzene rings is 4. The molecule has 25 heavy (non-hydrogen) atoms. The minimum atomic E-state index is 0. The van der Waals surface area contributed by atoms with E-state index >= 15 is 0 Å². The molecule has 0 aliphatic heterocycles. The first-order chi connectivity index (χ1) is 11.9. The van der Waals surface area contributed by atoms with E-state index < -0.39 is 0 Å². The van der Waals surface area contributed by atoms with Crippen molar-refractivity contribution >= 4 is 23.1 Å².